The molecular formula is C32H28ClFO8S. The molecule has 0 aromatic heterocycles. The van der Waals surface area contributed by atoms with Gasteiger partial charge in [0.25, 0.3) is 0 Å². The fourth-order valence-corrected chi connectivity index (χ4v) is 6.46. The Labute approximate surface area is 256 Å². The van der Waals surface area contributed by atoms with Crippen LogP contribution >= 0.6 is 23.4 Å². The number of carboxylic acids is 1. The average Bonchev–Trinajstić information content (AvgIpc) is 3.35. The summed E-state index contributed by atoms with van der Waals surface area (Å²) in [6, 6.07) is 21.0. The van der Waals surface area contributed by atoms with Crippen molar-refractivity contribution in [3.63, 3.8) is 0 Å². The quantitative estimate of drug-likeness (QED) is 0.268. The van der Waals surface area contributed by atoms with E-state index >= 15 is 0 Å². The third-order valence-corrected chi connectivity index (χ3v) is 8.79. The maximum atomic E-state index is 13.5. The minimum atomic E-state index is -1.42. The number of esters is 2. The Morgan fingerprint density at radius 1 is 0.907 bits per heavy atom. The molecule has 3 aromatic carbocycles. The first-order valence-electron chi connectivity index (χ1n) is 13.5. The first-order chi connectivity index (χ1) is 20.7. The van der Waals surface area contributed by atoms with E-state index in [9.17, 15) is 23.9 Å². The van der Waals surface area contributed by atoms with E-state index in [2.05, 4.69) is 0 Å². The Balaban J connectivity index is 1.31. The summed E-state index contributed by atoms with van der Waals surface area (Å²) in [5, 5.41) is 9.92. The monoisotopic (exact) mass is 626 g/mol. The molecule has 1 saturated heterocycles. The summed E-state index contributed by atoms with van der Waals surface area (Å²) in [4.78, 5) is 37.6. The molecule has 1 fully saturated rings. The first kappa shape index (κ1) is 30.7. The summed E-state index contributed by atoms with van der Waals surface area (Å²) in [7, 11) is 0. The molecule has 0 saturated carbocycles. The summed E-state index contributed by atoms with van der Waals surface area (Å²) in [6.07, 6.45) is 0.433. The second-order valence-corrected chi connectivity index (χ2v) is 11.6. The number of ether oxygens (including phenoxy) is 4. The highest BCUT2D eigenvalue weighted by Crippen LogP contribution is 2.43. The number of carbonyl (C=O) groups is 3. The van der Waals surface area contributed by atoms with Crippen molar-refractivity contribution in [1.29, 1.82) is 0 Å². The molecular weight excluding hydrogens is 599 g/mol. The van der Waals surface area contributed by atoms with Crippen molar-refractivity contribution in [2.45, 2.75) is 41.8 Å². The largest absolute Gasteiger partial charge is 0.478 e. The van der Waals surface area contributed by atoms with Gasteiger partial charge < -0.3 is 24.1 Å². The van der Waals surface area contributed by atoms with Crippen LogP contribution in [0.5, 0.6) is 0 Å². The smallest absolute Gasteiger partial charge is 0.338 e. The molecule has 3 aromatic rings. The van der Waals surface area contributed by atoms with Gasteiger partial charge in [0.05, 0.1) is 16.7 Å². The molecule has 0 amide bonds. The van der Waals surface area contributed by atoms with Crippen molar-refractivity contribution in [3.05, 3.63) is 118 Å². The summed E-state index contributed by atoms with van der Waals surface area (Å²) in [6.45, 7) is -0.416. The van der Waals surface area contributed by atoms with Crippen molar-refractivity contribution < 1.29 is 42.8 Å². The van der Waals surface area contributed by atoms with Crippen molar-refractivity contribution >= 4 is 41.3 Å². The van der Waals surface area contributed by atoms with Gasteiger partial charge in [0.2, 0.25) is 0 Å². The lowest BCUT2D eigenvalue weighted by molar-refractivity contribution is -0.153. The van der Waals surface area contributed by atoms with E-state index in [0.29, 0.717) is 35.3 Å². The molecule has 8 nitrogen and oxygen atoms in total. The summed E-state index contributed by atoms with van der Waals surface area (Å²) in [5.41, 5.74) is 1.48. The molecule has 1 N–H and O–H groups in total. The number of thioether (sulfide) groups is 1. The van der Waals surface area contributed by atoms with Crippen molar-refractivity contribution in [1.82, 2.24) is 0 Å². The Morgan fingerprint density at radius 3 is 1.98 bits per heavy atom. The zero-order valence-electron chi connectivity index (χ0n) is 22.8. The van der Waals surface area contributed by atoms with E-state index in [4.69, 9.17) is 30.5 Å². The Morgan fingerprint density at radius 2 is 1.47 bits per heavy atom. The lowest BCUT2D eigenvalue weighted by atomic mass is 9.94. The predicted molar refractivity (Wildman–Crippen MR) is 157 cm³/mol. The maximum Gasteiger partial charge on any atom is 0.338 e. The lowest BCUT2D eigenvalue weighted by Crippen LogP contribution is -2.37. The fourth-order valence-electron chi connectivity index (χ4n) is 4.88. The minimum Gasteiger partial charge on any atom is -0.478 e. The van der Waals surface area contributed by atoms with Crippen molar-refractivity contribution in [2.75, 3.05) is 13.2 Å². The van der Waals surface area contributed by atoms with Crippen LogP contribution in [-0.4, -0.2) is 59.5 Å². The second-order valence-electron chi connectivity index (χ2n) is 10.0. The van der Waals surface area contributed by atoms with Crippen LogP contribution in [0.25, 0.3) is 0 Å². The van der Waals surface area contributed by atoms with E-state index in [1.165, 1.54) is 30.0 Å². The highest BCUT2D eigenvalue weighted by molar-refractivity contribution is 7.99. The van der Waals surface area contributed by atoms with Gasteiger partial charge in [-0.3, -0.25) is 0 Å². The van der Waals surface area contributed by atoms with Crippen LogP contribution in [-0.2, 0) is 29.5 Å². The van der Waals surface area contributed by atoms with Gasteiger partial charge in [-0.15, -0.1) is 11.8 Å². The lowest BCUT2D eigenvalue weighted by Gasteiger charge is -2.33. The number of carboxylic acid groups (broad SMARTS) is 1. The molecule has 43 heavy (non-hydrogen) atoms. The van der Waals surface area contributed by atoms with Crippen LogP contribution in [0.2, 0.25) is 5.02 Å². The molecule has 1 aliphatic carbocycles. The molecule has 3 atom stereocenters. The number of hydrogen-bond donors (Lipinski definition) is 1. The predicted octanol–water partition coefficient (Wildman–Crippen LogP) is 6.08. The normalized spacial score (nSPS) is 20.8. The van der Waals surface area contributed by atoms with Crippen LogP contribution in [0.15, 0.2) is 90.5 Å². The maximum absolute atomic E-state index is 13.5. The van der Waals surface area contributed by atoms with Crippen LogP contribution in [0.1, 0.15) is 39.1 Å². The first-order valence-corrected chi connectivity index (χ1v) is 15.0. The number of carbonyl (C=O) groups excluding carboxylic acids is 2. The number of halogens is 2. The van der Waals surface area contributed by atoms with Crippen molar-refractivity contribution in [2.24, 2.45) is 0 Å². The van der Waals surface area contributed by atoms with Gasteiger partial charge in [-0.05, 0) is 54.5 Å². The Hall–Kier alpha value is -3.70. The van der Waals surface area contributed by atoms with Gasteiger partial charge in [-0.25, -0.2) is 18.8 Å². The topological polar surface area (TPSA) is 108 Å². The van der Waals surface area contributed by atoms with Gasteiger partial charge in [-0.1, -0.05) is 54.1 Å². The molecule has 0 bridgehead atoms. The molecule has 1 aliphatic heterocycles. The molecule has 11 heteroatoms. The molecule has 0 radical (unpaired) electrons. The zero-order valence-corrected chi connectivity index (χ0v) is 24.4. The van der Waals surface area contributed by atoms with Crippen LogP contribution < -0.4 is 0 Å². The van der Waals surface area contributed by atoms with Crippen LogP contribution in [0.3, 0.4) is 0 Å². The third-order valence-electron chi connectivity index (χ3n) is 7.07. The molecule has 1 unspecified atom stereocenters. The molecule has 2 aliphatic rings. The SMILES string of the molecule is O=C(O)C1=CC2(CCC1SCc1ccc(F)cc1Cl)O[C@@H](COC(=O)c1ccccc1)[C@H](COC(=O)c1ccccc1)O2. The van der Waals surface area contributed by atoms with Gasteiger partial charge in [0.15, 0.2) is 5.79 Å². The van der Waals surface area contributed by atoms with Crippen LogP contribution in [0, 0.1) is 5.82 Å². The average molecular weight is 627 g/mol. The third kappa shape index (κ3) is 7.64. The van der Waals surface area contributed by atoms with Gasteiger partial charge in [-0.2, -0.15) is 0 Å². The molecule has 1 heterocycles. The van der Waals surface area contributed by atoms with Crippen LogP contribution in [0.4, 0.5) is 4.39 Å². The highest BCUT2D eigenvalue weighted by atomic mass is 35.5. The molecule has 5 rings (SSSR count). The Bertz CT molecular complexity index is 1440. The Kier molecular flexibility index (Phi) is 9.82. The number of aliphatic carboxylic acids is 1. The molecule has 1 spiro atoms. The zero-order chi connectivity index (χ0) is 30.4. The van der Waals surface area contributed by atoms with E-state index in [1.807, 2.05) is 0 Å². The number of rotatable bonds is 10. The highest BCUT2D eigenvalue weighted by Gasteiger charge is 2.50. The number of benzene rings is 3. The minimum absolute atomic E-state index is 0.0800. The number of hydrogen-bond acceptors (Lipinski definition) is 8. The van der Waals surface area contributed by atoms with E-state index in [-0.39, 0.29) is 23.8 Å². The van der Waals surface area contributed by atoms with E-state index in [1.54, 1.807) is 66.7 Å². The van der Waals surface area contributed by atoms with E-state index < -0.39 is 47.0 Å². The van der Waals surface area contributed by atoms with Gasteiger partial charge in [0.1, 0.15) is 31.2 Å². The van der Waals surface area contributed by atoms with Gasteiger partial charge >= 0.3 is 17.9 Å². The summed E-state index contributed by atoms with van der Waals surface area (Å²) >= 11 is 7.53. The van der Waals surface area contributed by atoms with E-state index in [0.717, 1.165) is 0 Å². The second kappa shape index (κ2) is 13.7. The van der Waals surface area contributed by atoms with Gasteiger partial charge in [0, 0.05) is 22.4 Å². The van der Waals surface area contributed by atoms with Crippen molar-refractivity contribution in [3.8, 4) is 0 Å². The fraction of sp³-hybridized carbons (Fsp3) is 0.281. The standard InChI is InChI=1S/C32H28ClFO8S/c33-25-15-23(34)12-11-22(25)19-43-28-13-14-32(16-24(28)29(35)36)41-26(17-39-30(37)20-7-3-1-4-8-20)27(42-32)18-40-31(38)21-9-5-2-6-10-21/h1-12,15-16,26-28H,13-14,17-19H2,(H,35,36)/t26-,27-,28?/m0/s1. The summed E-state index contributed by atoms with van der Waals surface area (Å²) < 4.78 is 37.0. The summed E-state index contributed by atoms with van der Waals surface area (Å²) in [5.74, 6) is -3.77. The molecule has 224 valence electrons.